The quantitative estimate of drug-likeness (QED) is 0.0929. The van der Waals surface area contributed by atoms with Gasteiger partial charge >= 0.3 is 5.97 Å². The molecule has 1 amide bonds. The Bertz CT molecular complexity index is 1420. The number of carbonyl (C=O) groups excluding carboxylic acids is 2. The molecule has 0 bridgehead atoms. The van der Waals surface area contributed by atoms with Crippen molar-refractivity contribution in [3.8, 4) is 0 Å². The highest BCUT2D eigenvalue weighted by atomic mass is 16.7. The molecule has 0 radical (unpaired) electrons. The lowest BCUT2D eigenvalue weighted by molar-refractivity contribution is -0.320. The Morgan fingerprint density at radius 3 is 2.20 bits per heavy atom. The fraction of sp³-hybridized carbons (Fsp3) is 0.959. The zero-order valence-corrected chi connectivity index (χ0v) is 42.9. The van der Waals surface area contributed by atoms with Crippen molar-refractivity contribution in [3.63, 3.8) is 0 Å². The normalized spacial score (nSPS) is 42.0. The molecule has 65 heavy (non-hydrogen) atoms. The molecular formula is C49H93N3O13. The third-order valence-corrected chi connectivity index (χ3v) is 14.6. The van der Waals surface area contributed by atoms with Crippen LogP contribution < -0.4 is 5.32 Å². The molecule has 0 spiro atoms. The number of ether oxygens (including phenoxy) is 7. The number of rotatable bonds is 18. The van der Waals surface area contributed by atoms with E-state index in [1.165, 1.54) is 13.3 Å². The van der Waals surface area contributed by atoms with Crippen LogP contribution in [-0.2, 0) is 42.7 Å². The van der Waals surface area contributed by atoms with Crippen LogP contribution in [0.15, 0.2) is 0 Å². The number of nitrogens with zero attached hydrogens (tertiary/aromatic N) is 2. The maximum atomic E-state index is 14.5. The highest BCUT2D eigenvalue weighted by Gasteiger charge is 2.53. The molecule has 0 aliphatic carbocycles. The summed E-state index contributed by atoms with van der Waals surface area (Å²) in [7, 11) is 7.25. The summed E-state index contributed by atoms with van der Waals surface area (Å²) >= 11 is 0. The van der Waals surface area contributed by atoms with E-state index in [-0.39, 0.29) is 43.2 Å². The molecule has 3 fully saturated rings. The van der Waals surface area contributed by atoms with Gasteiger partial charge in [-0.15, -0.1) is 0 Å². The van der Waals surface area contributed by atoms with Gasteiger partial charge in [0.25, 0.3) is 0 Å². The molecule has 18 atom stereocenters. The van der Waals surface area contributed by atoms with E-state index in [9.17, 15) is 30.0 Å². The molecular weight excluding hydrogens is 839 g/mol. The predicted octanol–water partition coefficient (Wildman–Crippen LogP) is 4.79. The van der Waals surface area contributed by atoms with Crippen molar-refractivity contribution in [2.75, 3.05) is 47.9 Å². The van der Waals surface area contributed by atoms with E-state index in [2.05, 4.69) is 12.2 Å². The number of amides is 1. The first-order chi connectivity index (χ1) is 30.3. The van der Waals surface area contributed by atoms with E-state index in [1.54, 1.807) is 27.9 Å². The third-order valence-electron chi connectivity index (χ3n) is 14.6. The van der Waals surface area contributed by atoms with Gasteiger partial charge in [-0.3, -0.25) is 9.59 Å². The maximum Gasteiger partial charge on any atom is 0.311 e. The van der Waals surface area contributed by atoms with Gasteiger partial charge in [-0.25, -0.2) is 0 Å². The third kappa shape index (κ3) is 15.7. The van der Waals surface area contributed by atoms with Crippen LogP contribution in [0.1, 0.15) is 147 Å². The van der Waals surface area contributed by atoms with E-state index in [0.29, 0.717) is 39.0 Å². The molecule has 16 nitrogen and oxygen atoms in total. The smallest absolute Gasteiger partial charge is 0.311 e. The Labute approximate surface area is 392 Å². The Balaban J connectivity index is 1.98. The number of unbranched alkanes of at least 4 members (excludes halogenated alkanes) is 4. The van der Waals surface area contributed by atoms with Gasteiger partial charge < -0.3 is 68.7 Å². The molecule has 0 aromatic carbocycles. The number of aliphatic hydroxyl groups is 4. The maximum absolute atomic E-state index is 14.5. The highest BCUT2D eigenvalue weighted by Crippen LogP contribution is 2.41. The van der Waals surface area contributed by atoms with Crippen molar-refractivity contribution < 1.29 is 63.2 Å². The zero-order valence-electron chi connectivity index (χ0n) is 42.9. The molecule has 3 aliphatic heterocycles. The fourth-order valence-corrected chi connectivity index (χ4v) is 10.5. The Hall–Kier alpha value is -1.54. The van der Waals surface area contributed by atoms with Crippen LogP contribution in [0.25, 0.3) is 0 Å². The second-order valence-electron chi connectivity index (χ2n) is 20.9. The Kier molecular flexibility index (Phi) is 23.0. The van der Waals surface area contributed by atoms with Gasteiger partial charge in [0.1, 0.15) is 30.0 Å². The lowest BCUT2D eigenvalue weighted by Gasteiger charge is -2.49. The number of methoxy groups -OCH3 is 1. The molecule has 5 N–H and O–H groups in total. The number of aliphatic hydroxyl groups excluding tert-OH is 2. The molecule has 16 heteroatoms. The summed E-state index contributed by atoms with van der Waals surface area (Å²) in [5, 5.41) is 50.9. The van der Waals surface area contributed by atoms with Crippen LogP contribution in [0.2, 0.25) is 0 Å². The lowest BCUT2D eigenvalue weighted by atomic mass is 9.77. The van der Waals surface area contributed by atoms with Gasteiger partial charge in [0.15, 0.2) is 12.6 Å². The van der Waals surface area contributed by atoms with Crippen molar-refractivity contribution in [2.24, 2.45) is 17.8 Å². The monoisotopic (exact) mass is 932 g/mol. The summed E-state index contributed by atoms with van der Waals surface area (Å²) < 4.78 is 45.3. The molecule has 382 valence electrons. The molecule has 0 aromatic heterocycles. The van der Waals surface area contributed by atoms with Crippen LogP contribution in [-0.4, -0.2) is 180 Å². The Morgan fingerprint density at radius 1 is 0.923 bits per heavy atom. The van der Waals surface area contributed by atoms with Crippen LogP contribution in [0.5, 0.6) is 0 Å². The van der Waals surface area contributed by atoms with Gasteiger partial charge in [-0.2, -0.15) is 0 Å². The summed E-state index contributed by atoms with van der Waals surface area (Å²) in [4.78, 5) is 30.8. The van der Waals surface area contributed by atoms with Crippen molar-refractivity contribution in [1.29, 1.82) is 0 Å². The van der Waals surface area contributed by atoms with E-state index >= 15 is 0 Å². The molecule has 3 aliphatic rings. The number of carbonyl (C=O) groups is 2. The minimum Gasteiger partial charge on any atom is -0.459 e. The van der Waals surface area contributed by atoms with E-state index < -0.39 is 96.0 Å². The summed E-state index contributed by atoms with van der Waals surface area (Å²) in [5.74, 6) is -2.56. The van der Waals surface area contributed by atoms with Crippen LogP contribution in [0, 0.1) is 17.8 Å². The summed E-state index contributed by atoms with van der Waals surface area (Å²) in [6.07, 6.45) is -1.02. The van der Waals surface area contributed by atoms with Crippen LogP contribution in [0.3, 0.4) is 0 Å². The van der Waals surface area contributed by atoms with E-state index in [4.69, 9.17) is 33.2 Å². The van der Waals surface area contributed by atoms with Gasteiger partial charge in [0.2, 0.25) is 5.91 Å². The van der Waals surface area contributed by atoms with Gasteiger partial charge in [0.05, 0.1) is 41.5 Å². The topological polar surface area (TPSA) is 198 Å². The van der Waals surface area contributed by atoms with Crippen molar-refractivity contribution >= 4 is 11.9 Å². The largest absolute Gasteiger partial charge is 0.459 e. The first-order valence-corrected chi connectivity index (χ1v) is 24.8. The van der Waals surface area contributed by atoms with Gasteiger partial charge in [-0.05, 0) is 108 Å². The molecule has 0 saturated carbocycles. The first-order valence-electron chi connectivity index (χ1n) is 24.8. The summed E-state index contributed by atoms with van der Waals surface area (Å²) in [5.41, 5.74) is -4.28. The van der Waals surface area contributed by atoms with Gasteiger partial charge in [-0.1, -0.05) is 53.4 Å². The van der Waals surface area contributed by atoms with Crippen molar-refractivity contribution in [3.05, 3.63) is 0 Å². The first kappa shape index (κ1) is 57.8. The standard InChI is InChI=1S/C49H93N3O13/c1-16-18-19-20-21-23-38(53)50-24-22-25-60-44-35(8)62-39(28-48(44,10)59-15)64-41-32(5)43(65-46-40(54)36(51(12)13)26-31(4)61-46)47(9,57)27-30(3)29-52(14)34(7)42(55)49(11,58)37(17-2)63-45(56)33(41)6/h30-37,39-44,46,54-55,57-58H,16-29H2,1-15H3,(H,50,53)/t30-,31-,32+,33-,34-,35+,36+,37-,39+,40-,41+,42-,43-,44+,46+,47-,48-,49-/m1/s1. The summed E-state index contributed by atoms with van der Waals surface area (Å²) in [6.45, 7) is 21.5. The fourth-order valence-electron chi connectivity index (χ4n) is 10.5. The number of esters is 1. The van der Waals surface area contributed by atoms with E-state index in [0.717, 1.165) is 25.7 Å². The van der Waals surface area contributed by atoms with Crippen molar-refractivity contribution in [2.45, 2.75) is 237 Å². The molecule has 3 saturated heterocycles. The van der Waals surface area contributed by atoms with Crippen molar-refractivity contribution in [1.82, 2.24) is 15.1 Å². The SMILES string of the molecule is CCCCCCCC(=O)NCCCO[C@H]1[C@H](C)O[C@@H](O[C@H]2[C@H](C)[C@@H](O[C@@H]3O[C@H](C)C[C@H](N(C)C)[C@H]3O)[C@](C)(O)C[C@@H](C)CN(C)[C@H](C)[C@@H](O)[C@](C)(O)[C@@H](CC)OC(=O)[C@@H]2C)C[C@@]1(C)OC. The minimum absolute atomic E-state index is 0.0482. The number of likely N-dealkylation sites (N-methyl/N-ethyl adjacent to an activating group) is 2. The highest BCUT2D eigenvalue weighted by molar-refractivity contribution is 5.75. The Morgan fingerprint density at radius 2 is 1.58 bits per heavy atom. The van der Waals surface area contributed by atoms with Crippen LogP contribution in [0.4, 0.5) is 0 Å². The minimum atomic E-state index is -1.81. The lowest BCUT2D eigenvalue weighted by Crippen LogP contribution is -2.61. The number of nitrogens with one attached hydrogen (secondary N) is 1. The second-order valence-corrected chi connectivity index (χ2v) is 20.9. The second kappa shape index (κ2) is 25.9. The molecule has 3 rings (SSSR count). The number of cyclic esters (lactones) is 1. The summed E-state index contributed by atoms with van der Waals surface area (Å²) in [6, 6.07) is -0.830. The average molecular weight is 932 g/mol. The van der Waals surface area contributed by atoms with Gasteiger partial charge in [0, 0.05) is 57.6 Å². The zero-order chi connectivity index (χ0) is 49.0. The molecule has 0 aromatic rings. The predicted molar refractivity (Wildman–Crippen MR) is 249 cm³/mol. The molecule has 3 heterocycles. The number of hydrogen-bond acceptors (Lipinski definition) is 15. The van der Waals surface area contributed by atoms with E-state index in [1.807, 2.05) is 72.5 Å². The average Bonchev–Trinajstić information content (AvgIpc) is 3.23. The molecule has 0 unspecified atom stereocenters. The van der Waals surface area contributed by atoms with Crippen LogP contribution >= 0.6 is 0 Å². The number of hydrogen-bond donors (Lipinski definition) is 5.